The highest BCUT2D eigenvalue weighted by atomic mass is 15.1. The molecule has 0 aliphatic heterocycles. The summed E-state index contributed by atoms with van der Waals surface area (Å²) in [6.45, 7) is 2.13. The van der Waals surface area contributed by atoms with Crippen molar-refractivity contribution in [2.24, 2.45) is 0 Å². The first-order valence-electron chi connectivity index (χ1n) is 9.78. The summed E-state index contributed by atoms with van der Waals surface area (Å²) >= 11 is 0. The zero-order valence-corrected chi connectivity index (χ0v) is 17.9. The summed E-state index contributed by atoms with van der Waals surface area (Å²) < 4.78 is 0. The largest absolute Gasteiger partial charge is 0.378 e. The van der Waals surface area contributed by atoms with E-state index in [1.165, 1.54) is 33.6 Å². The monoisotopic (exact) mass is 383 g/mol. The topological polar surface area (TPSA) is 30.3 Å². The molecular weight excluding hydrogens is 354 g/mol. The standard InChI is InChI=1S/C26H29N3/c1-19(20-6-12-23(27)13-7-20)18-26(21-8-14-24(15-9-21)28(2)3)22-10-16-25(17-11-22)29(4)5/h6-18,27H,1-5H3. The minimum atomic E-state index is 0.532. The Bertz CT molecular complexity index is 927. The van der Waals surface area contributed by atoms with Gasteiger partial charge in [-0.1, -0.05) is 42.5 Å². The summed E-state index contributed by atoms with van der Waals surface area (Å²) in [4.78, 5) is 4.22. The van der Waals surface area contributed by atoms with Gasteiger partial charge in [0.15, 0.2) is 0 Å². The first-order valence-corrected chi connectivity index (χ1v) is 9.78. The summed E-state index contributed by atoms with van der Waals surface area (Å²) in [7, 11) is 8.22. The Morgan fingerprint density at radius 2 is 1.10 bits per heavy atom. The van der Waals surface area contributed by atoms with Crippen LogP contribution in [-0.2, 0) is 0 Å². The van der Waals surface area contributed by atoms with Gasteiger partial charge < -0.3 is 15.2 Å². The van der Waals surface area contributed by atoms with E-state index in [4.69, 9.17) is 5.41 Å². The van der Waals surface area contributed by atoms with Crippen LogP contribution in [0.15, 0.2) is 90.1 Å². The molecule has 3 rings (SSSR count). The van der Waals surface area contributed by atoms with E-state index in [1.54, 1.807) is 0 Å². The molecule has 3 heteroatoms. The van der Waals surface area contributed by atoms with Crippen molar-refractivity contribution < 1.29 is 0 Å². The molecule has 148 valence electrons. The quantitative estimate of drug-likeness (QED) is 0.716. The molecular formula is C26H29N3. The third kappa shape index (κ3) is 4.94. The fourth-order valence-corrected chi connectivity index (χ4v) is 3.24. The first kappa shape index (κ1) is 20.4. The first-order chi connectivity index (χ1) is 13.8. The van der Waals surface area contributed by atoms with E-state index >= 15 is 0 Å². The summed E-state index contributed by atoms with van der Waals surface area (Å²) in [5, 5.41) is 7.72. The fourth-order valence-electron chi connectivity index (χ4n) is 3.24. The highest BCUT2D eigenvalue weighted by Crippen LogP contribution is 2.29. The second-order valence-corrected chi connectivity index (χ2v) is 7.70. The molecule has 2 aromatic rings. The van der Waals surface area contributed by atoms with E-state index in [0.29, 0.717) is 5.71 Å². The lowest BCUT2D eigenvalue weighted by Crippen LogP contribution is -2.08. The molecule has 2 aromatic carbocycles. The van der Waals surface area contributed by atoms with Crippen molar-refractivity contribution in [3.63, 3.8) is 0 Å². The minimum Gasteiger partial charge on any atom is -0.378 e. The summed E-state index contributed by atoms with van der Waals surface area (Å²) in [6, 6.07) is 17.3. The van der Waals surface area contributed by atoms with Crippen molar-refractivity contribution in [1.82, 2.24) is 0 Å². The number of benzene rings is 2. The SMILES string of the molecule is CC(C=C(c1ccc(N(C)C)cc1)c1ccc(N(C)C)cc1)=C1C=CC(=N)C=C1. The number of nitrogens with zero attached hydrogens (tertiary/aromatic N) is 2. The summed E-state index contributed by atoms with van der Waals surface area (Å²) in [5.74, 6) is 0. The number of anilines is 2. The molecule has 1 aliphatic rings. The molecule has 0 saturated carbocycles. The average Bonchev–Trinajstić information content (AvgIpc) is 2.72. The normalized spacial score (nSPS) is 12.7. The lowest BCUT2D eigenvalue weighted by molar-refractivity contribution is 1.13. The van der Waals surface area contributed by atoms with Crippen LogP contribution in [0.25, 0.3) is 5.57 Å². The molecule has 0 atom stereocenters. The highest BCUT2D eigenvalue weighted by molar-refractivity contribution is 6.03. The molecule has 1 aliphatic carbocycles. The Balaban J connectivity index is 2.08. The van der Waals surface area contributed by atoms with Crippen LogP contribution in [-0.4, -0.2) is 33.9 Å². The Labute approximate surface area is 174 Å². The molecule has 0 heterocycles. The average molecular weight is 384 g/mol. The molecule has 0 saturated heterocycles. The molecule has 0 unspecified atom stereocenters. The van der Waals surface area contributed by atoms with E-state index in [0.717, 1.165) is 5.57 Å². The van der Waals surface area contributed by atoms with Crippen LogP contribution < -0.4 is 9.80 Å². The predicted molar refractivity (Wildman–Crippen MR) is 127 cm³/mol. The highest BCUT2D eigenvalue weighted by Gasteiger charge is 2.09. The molecule has 0 spiro atoms. The second-order valence-electron chi connectivity index (χ2n) is 7.70. The minimum absolute atomic E-state index is 0.532. The molecule has 29 heavy (non-hydrogen) atoms. The fraction of sp³-hybridized carbons (Fsp3) is 0.192. The van der Waals surface area contributed by atoms with Crippen molar-refractivity contribution in [2.45, 2.75) is 6.92 Å². The Hall–Kier alpha value is -3.33. The Morgan fingerprint density at radius 3 is 1.48 bits per heavy atom. The van der Waals surface area contributed by atoms with Crippen LogP contribution in [0.4, 0.5) is 11.4 Å². The van der Waals surface area contributed by atoms with Gasteiger partial charge in [0, 0.05) is 39.6 Å². The Morgan fingerprint density at radius 1 is 0.690 bits per heavy atom. The van der Waals surface area contributed by atoms with Crippen LogP contribution in [0.1, 0.15) is 18.1 Å². The second kappa shape index (κ2) is 8.78. The maximum absolute atomic E-state index is 7.72. The van der Waals surface area contributed by atoms with Crippen molar-refractivity contribution in [2.75, 3.05) is 38.0 Å². The third-order valence-electron chi connectivity index (χ3n) is 5.09. The van der Waals surface area contributed by atoms with Gasteiger partial charge in [0.1, 0.15) is 0 Å². The van der Waals surface area contributed by atoms with Crippen molar-refractivity contribution in [3.05, 3.63) is 101 Å². The zero-order chi connectivity index (χ0) is 21.0. The van der Waals surface area contributed by atoms with Crippen molar-refractivity contribution in [3.8, 4) is 0 Å². The Kier molecular flexibility index (Phi) is 6.18. The number of hydrogen-bond donors (Lipinski definition) is 1. The maximum Gasteiger partial charge on any atom is 0.0540 e. The number of hydrogen-bond acceptors (Lipinski definition) is 3. The van der Waals surface area contributed by atoms with E-state index in [9.17, 15) is 0 Å². The van der Waals surface area contributed by atoms with Gasteiger partial charge in [-0.2, -0.15) is 0 Å². The number of allylic oxidation sites excluding steroid dienone is 7. The molecule has 0 radical (unpaired) electrons. The van der Waals surface area contributed by atoms with Gasteiger partial charge in [0.2, 0.25) is 0 Å². The maximum atomic E-state index is 7.72. The molecule has 0 bridgehead atoms. The van der Waals surface area contributed by atoms with E-state index < -0.39 is 0 Å². The van der Waals surface area contributed by atoms with Gasteiger partial charge in [-0.25, -0.2) is 0 Å². The van der Waals surface area contributed by atoms with Gasteiger partial charge in [0.25, 0.3) is 0 Å². The van der Waals surface area contributed by atoms with E-state index in [1.807, 2.05) is 24.3 Å². The van der Waals surface area contributed by atoms with Crippen LogP contribution in [0.2, 0.25) is 0 Å². The summed E-state index contributed by atoms with van der Waals surface area (Å²) in [5.41, 5.74) is 8.76. The van der Waals surface area contributed by atoms with Crippen LogP contribution in [0.3, 0.4) is 0 Å². The number of nitrogens with one attached hydrogen (secondary N) is 1. The van der Waals surface area contributed by atoms with Gasteiger partial charge in [-0.3, -0.25) is 0 Å². The third-order valence-corrected chi connectivity index (χ3v) is 5.09. The molecule has 3 nitrogen and oxygen atoms in total. The smallest absolute Gasteiger partial charge is 0.0540 e. The molecule has 1 N–H and O–H groups in total. The predicted octanol–water partition coefficient (Wildman–Crippen LogP) is 5.71. The van der Waals surface area contributed by atoms with Crippen molar-refractivity contribution >= 4 is 22.7 Å². The van der Waals surface area contributed by atoms with Gasteiger partial charge in [-0.15, -0.1) is 0 Å². The van der Waals surface area contributed by atoms with E-state index in [-0.39, 0.29) is 0 Å². The summed E-state index contributed by atoms with van der Waals surface area (Å²) in [6.07, 6.45) is 9.94. The van der Waals surface area contributed by atoms with Gasteiger partial charge in [0.05, 0.1) is 5.71 Å². The lowest BCUT2D eigenvalue weighted by atomic mass is 9.93. The van der Waals surface area contributed by atoms with Crippen molar-refractivity contribution in [1.29, 1.82) is 5.41 Å². The molecule has 0 amide bonds. The van der Waals surface area contributed by atoms with Crippen LogP contribution >= 0.6 is 0 Å². The van der Waals surface area contributed by atoms with Gasteiger partial charge >= 0.3 is 0 Å². The lowest BCUT2D eigenvalue weighted by Gasteiger charge is -2.16. The van der Waals surface area contributed by atoms with Crippen LogP contribution in [0, 0.1) is 5.41 Å². The molecule has 0 aromatic heterocycles. The molecule has 0 fully saturated rings. The van der Waals surface area contributed by atoms with E-state index in [2.05, 4.69) is 99.5 Å². The van der Waals surface area contributed by atoms with Gasteiger partial charge in [-0.05, 0) is 71.2 Å². The number of rotatable bonds is 5. The zero-order valence-electron chi connectivity index (χ0n) is 17.9. The van der Waals surface area contributed by atoms with Crippen LogP contribution in [0.5, 0.6) is 0 Å².